The van der Waals surface area contributed by atoms with Crippen LogP contribution in [0.15, 0.2) is 18.3 Å². The number of amides is 1. The van der Waals surface area contributed by atoms with Crippen LogP contribution in [0, 0.1) is 0 Å². The molecule has 0 aliphatic heterocycles. The summed E-state index contributed by atoms with van der Waals surface area (Å²) in [7, 11) is 3.14. The lowest BCUT2D eigenvalue weighted by atomic mass is 10.3. The van der Waals surface area contributed by atoms with Crippen molar-refractivity contribution in [2.24, 2.45) is 0 Å². The van der Waals surface area contributed by atoms with Gasteiger partial charge in [-0.3, -0.25) is 4.79 Å². The quantitative estimate of drug-likeness (QED) is 0.679. The second kappa shape index (κ2) is 8.43. The number of methoxy groups -OCH3 is 2. The van der Waals surface area contributed by atoms with Crippen LogP contribution in [0.1, 0.15) is 5.56 Å². The van der Waals surface area contributed by atoms with Gasteiger partial charge in [-0.1, -0.05) is 6.07 Å². The monoisotopic (exact) mass is 254 g/mol. The van der Waals surface area contributed by atoms with E-state index >= 15 is 0 Å². The molecule has 0 unspecified atom stereocenters. The van der Waals surface area contributed by atoms with Gasteiger partial charge < -0.3 is 19.5 Å². The van der Waals surface area contributed by atoms with Gasteiger partial charge in [0, 0.05) is 25.9 Å². The maximum Gasteiger partial charge on any atom is 0.246 e. The smallest absolute Gasteiger partial charge is 0.246 e. The van der Waals surface area contributed by atoms with Crippen molar-refractivity contribution in [2.75, 3.05) is 34.0 Å². The van der Waals surface area contributed by atoms with Gasteiger partial charge in [0.25, 0.3) is 0 Å². The molecular weight excluding hydrogens is 236 g/mol. The largest absolute Gasteiger partial charge is 0.481 e. The van der Waals surface area contributed by atoms with Gasteiger partial charge in [-0.2, -0.15) is 0 Å². The van der Waals surface area contributed by atoms with E-state index in [2.05, 4.69) is 10.3 Å². The molecule has 6 nitrogen and oxygen atoms in total. The Bertz CT molecular complexity index is 354. The zero-order chi connectivity index (χ0) is 13.2. The second-order valence-electron chi connectivity index (χ2n) is 3.53. The first kappa shape index (κ1) is 14.4. The molecule has 0 bridgehead atoms. The van der Waals surface area contributed by atoms with E-state index in [1.54, 1.807) is 26.5 Å². The Morgan fingerprint density at radius 3 is 2.78 bits per heavy atom. The summed E-state index contributed by atoms with van der Waals surface area (Å²) in [5.74, 6) is 0.384. The van der Waals surface area contributed by atoms with Crippen molar-refractivity contribution in [3.63, 3.8) is 0 Å². The summed E-state index contributed by atoms with van der Waals surface area (Å²) in [6, 6.07) is 3.59. The first-order valence-corrected chi connectivity index (χ1v) is 5.58. The van der Waals surface area contributed by atoms with E-state index in [4.69, 9.17) is 14.2 Å². The van der Waals surface area contributed by atoms with Gasteiger partial charge in [-0.15, -0.1) is 0 Å². The summed E-state index contributed by atoms with van der Waals surface area (Å²) in [5.41, 5.74) is 0.904. The van der Waals surface area contributed by atoms with Crippen LogP contribution in [0.5, 0.6) is 5.88 Å². The molecule has 1 aromatic heterocycles. The third-order valence-electron chi connectivity index (χ3n) is 2.16. The summed E-state index contributed by atoms with van der Waals surface area (Å²) < 4.78 is 14.8. The first-order valence-electron chi connectivity index (χ1n) is 5.58. The molecule has 0 saturated heterocycles. The van der Waals surface area contributed by atoms with Crippen LogP contribution in [0.4, 0.5) is 0 Å². The van der Waals surface area contributed by atoms with Crippen LogP contribution in [0.2, 0.25) is 0 Å². The zero-order valence-corrected chi connectivity index (χ0v) is 10.6. The maximum atomic E-state index is 11.4. The number of aromatic nitrogens is 1. The number of nitrogens with zero attached hydrogens (tertiary/aromatic N) is 1. The van der Waals surface area contributed by atoms with E-state index in [1.165, 1.54) is 0 Å². The van der Waals surface area contributed by atoms with Gasteiger partial charge in [0.2, 0.25) is 11.8 Å². The molecule has 0 spiro atoms. The first-order chi connectivity index (χ1) is 8.76. The number of nitrogens with one attached hydrogen (secondary N) is 1. The van der Waals surface area contributed by atoms with Crippen LogP contribution in [0.3, 0.4) is 0 Å². The predicted octanol–water partition coefficient (Wildman–Crippen LogP) is 0.369. The number of rotatable bonds is 8. The molecule has 1 rings (SSSR count). The van der Waals surface area contributed by atoms with Crippen molar-refractivity contribution in [1.82, 2.24) is 10.3 Å². The highest BCUT2D eigenvalue weighted by molar-refractivity contribution is 5.77. The Kier molecular flexibility index (Phi) is 6.75. The van der Waals surface area contributed by atoms with E-state index in [1.807, 2.05) is 6.07 Å². The van der Waals surface area contributed by atoms with Crippen molar-refractivity contribution in [3.05, 3.63) is 23.9 Å². The van der Waals surface area contributed by atoms with E-state index in [-0.39, 0.29) is 12.5 Å². The molecule has 6 heteroatoms. The van der Waals surface area contributed by atoms with Gasteiger partial charge in [0.1, 0.15) is 6.61 Å². The molecule has 1 N–H and O–H groups in total. The highest BCUT2D eigenvalue weighted by atomic mass is 16.5. The fraction of sp³-hybridized carbons (Fsp3) is 0.500. The second-order valence-corrected chi connectivity index (χ2v) is 3.53. The van der Waals surface area contributed by atoms with Crippen LogP contribution < -0.4 is 10.1 Å². The Labute approximate surface area is 106 Å². The minimum atomic E-state index is -0.165. The fourth-order valence-electron chi connectivity index (χ4n) is 1.20. The third kappa shape index (κ3) is 5.60. The molecule has 1 heterocycles. The highest BCUT2D eigenvalue weighted by Crippen LogP contribution is 2.05. The number of hydrogen-bond donors (Lipinski definition) is 1. The molecule has 0 aliphatic rings. The van der Waals surface area contributed by atoms with Gasteiger partial charge in [-0.05, 0) is 5.56 Å². The molecule has 0 aromatic carbocycles. The maximum absolute atomic E-state index is 11.4. The Hall–Kier alpha value is -1.66. The van der Waals surface area contributed by atoms with Crippen molar-refractivity contribution >= 4 is 5.91 Å². The van der Waals surface area contributed by atoms with Crippen molar-refractivity contribution < 1.29 is 19.0 Å². The molecule has 0 radical (unpaired) electrons. The number of hydrogen-bond acceptors (Lipinski definition) is 5. The van der Waals surface area contributed by atoms with Gasteiger partial charge >= 0.3 is 0 Å². The Morgan fingerprint density at radius 1 is 1.33 bits per heavy atom. The molecule has 100 valence electrons. The summed E-state index contributed by atoms with van der Waals surface area (Å²) >= 11 is 0. The minimum Gasteiger partial charge on any atom is -0.481 e. The molecule has 18 heavy (non-hydrogen) atoms. The summed E-state index contributed by atoms with van der Waals surface area (Å²) in [6.45, 7) is 1.35. The normalized spacial score (nSPS) is 10.1. The van der Waals surface area contributed by atoms with Crippen LogP contribution in [-0.2, 0) is 20.8 Å². The molecule has 0 aliphatic carbocycles. The molecule has 0 fully saturated rings. The molecule has 0 atom stereocenters. The number of pyridine rings is 1. The van der Waals surface area contributed by atoms with Crippen LogP contribution >= 0.6 is 0 Å². The standard InChI is InChI=1S/C12H18N2O4/c1-16-5-6-18-9-11(15)13-7-10-3-4-12(17-2)14-8-10/h3-4,8H,5-7,9H2,1-2H3,(H,13,15). The van der Waals surface area contributed by atoms with Crippen molar-refractivity contribution in [3.8, 4) is 5.88 Å². The topological polar surface area (TPSA) is 69.7 Å². The van der Waals surface area contributed by atoms with E-state index < -0.39 is 0 Å². The summed E-state index contributed by atoms with van der Waals surface area (Å²) in [6.07, 6.45) is 1.66. The number of carbonyl (C=O) groups is 1. The molecule has 0 saturated carbocycles. The van der Waals surface area contributed by atoms with E-state index in [0.29, 0.717) is 25.6 Å². The summed E-state index contributed by atoms with van der Waals surface area (Å²) in [4.78, 5) is 15.4. The minimum absolute atomic E-state index is 0.0347. The Balaban J connectivity index is 2.20. The average Bonchev–Trinajstić information content (AvgIpc) is 2.42. The number of ether oxygens (including phenoxy) is 3. The Morgan fingerprint density at radius 2 is 2.17 bits per heavy atom. The van der Waals surface area contributed by atoms with Gasteiger partial charge in [-0.25, -0.2) is 4.98 Å². The lowest BCUT2D eigenvalue weighted by Crippen LogP contribution is -2.27. The lowest BCUT2D eigenvalue weighted by molar-refractivity contribution is -0.126. The third-order valence-corrected chi connectivity index (χ3v) is 2.16. The summed E-state index contributed by atoms with van der Waals surface area (Å²) in [5, 5.41) is 2.73. The highest BCUT2D eigenvalue weighted by Gasteiger charge is 2.02. The number of carbonyl (C=O) groups excluding carboxylic acids is 1. The average molecular weight is 254 g/mol. The lowest BCUT2D eigenvalue weighted by Gasteiger charge is -2.06. The molecule has 1 aromatic rings. The van der Waals surface area contributed by atoms with Crippen molar-refractivity contribution in [1.29, 1.82) is 0 Å². The van der Waals surface area contributed by atoms with Gasteiger partial charge in [0.05, 0.1) is 20.3 Å². The van der Waals surface area contributed by atoms with E-state index in [0.717, 1.165) is 5.56 Å². The van der Waals surface area contributed by atoms with Crippen molar-refractivity contribution in [2.45, 2.75) is 6.54 Å². The van der Waals surface area contributed by atoms with Gasteiger partial charge in [0.15, 0.2) is 0 Å². The fourth-order valence-corrected chi connectivity index (χ4v) is 1.20. The van der Waals surface area contributed by atoms with Crippen LogP contribution in [0.25, 0.3) is 0 Å². The SMILES string of the molecule is COCCOCC(=O)NCc1ccc(OC)nc1. The predicted molar refractivity (Wildman–Crippen MR) is 65.3 cm³/mol. The van der Waals surface area contributed by atoms with E-state index in [9.17, 15) is 4.79 Å². The van der Waals surface area contributed by atoms with Crippen LogP contribution in [-0.4, -0.2) is 44.9 Å². The molecule has 1 amide bonds. The molecular formula is C12H18N2O4. The zero-order valence-electron chi connectivity index (χ0n) is 10.6.